The Bertz CT molecular complexity index is 386. The summed E-state index contributed by atoms with van der Waals surface area (Å²) in [5.74, 6) is 0.161. The van der Waals surface area contributed by atoms with E-state index in [1.165, 1.54) is 10.4 Å². The zero-order valence-electron chi connectivity index (χ0n) is 10.2. The van der Waals surface area contributed by atoms with Crippen molar-refractivity contribution in [2.45, 2.75) is 32.7 Å². The van der Waals surface area contributed by atoms with Crippen LogP contribution in [0.3, 0.4) is 0 Å². The highest BCUT2D eigenvalue weighted by molar-refractivity contribution is 7.14. The highest BCUT2D eigenvalue weighted by Gasteiger charge is 2.29. The van der Waals surface area contributed by atoms with E-state index in [9.17, 15) is 4.79 Å². The van der Waals surface area contributed by atoms with Crippen molar-refractivity contribution in [3.63, 3.8) is 0 Å². The molecule has 1 aliphatic heterocycles. The first-order valence-electron chi connectivity index (χ1n) is 5.71. The number of rotatable bonds is 2. The van der Waals surface area contributed by atoms with Gasteiger partial charge in [-0.2, -0.15) is 0 Å². The van der Waals surface area contributed by atoms with Crippen LogP contribution in [0.2, 0.25) is 0 Å². The highest BCUT2D eigenvalue weighted by Crippen LogP contribution is 2.25. The molecule has 1 amide bonds. The van der Waals surface area contributed by atoms with E-state index in [0.717, 1.165) is 24.3 Å². The molecule has 1 aromatic rings. The second-order valence-electron chi connectivity index (χ2n) is 4.38. The molecule has 0 aromatic carbocycles. The number of hydrogen-bond donors (Lipinski definition) is 1. The SMILES string of the molecule is Cc1cc(C(=O)N2CCCC2CN)sc1C.Cl. The smallest absolute Gasteiger partial charge is 0.264 e. The fourth-order valence-electron chi connectivity index (χ4n) is 2.17. The summed E-state index contributed by atoms with van der Waals surface area (Å²) in [4.78, 5) is 16.3. The van der Waals surface area contributed by atoms with Crippen LogP contribution < -0.4 is 5.73 Å². The van der Waals surface area contributed by atoms with Crippen molar-refractivity contribution in [3.05, 3.63) is 21.4 Å². The van der Waals surface area contributed by atoms with Crippen molar-refractivity contribution in [2.75, 3.05) is 13.1 Å². The molecule has 96 valence electrons. The van der Waals surface area contributed by atoms with E-state index in [-0.39, 0.29) is 24.4 Å². The van der Waals surface area contributed by atoms with Crippen molar-refractivity contribution < 1.29 is 4.79 Å². The predicted octanol–water partition coefficient (Wildman–Crippen LogP) is 2.35. The zero-order chi connectivity index (χ0) is 11.7. The van der Waals surface area contributed by atoms with Gasteiger partial charge in [0, 0.05) is 24.0 Å². The van der Waals surface area contributed by atoms with E-state index in [4.69, 9.17) is 5.73 Å². The Hall–Kier alpha value is -0.580. The summed E-state index contributed by atoms with van der Waals surface area (Å²) in [6, 6.07) is 2.24. The van der Waals surface area contributed by atoms with Gasteiger partial charge in [-0.05, 0) is 38.3 Å². The van der Waals surface area contributed by atoms with Crippen molar-refractivity contribution >= 4 is 29.7 Å². The highest BCUT2D eigenvalue weighted by atomic mass is 35.5. The summed E-state index contributed by atoms with van der Waals surface area (Å²) >= 11 is 1.59. The van der Waals surface area contributed by atoms with Gasteiger partial charge in [0.05, 0.1) is 4.88 Å². The Morgan fingerprint density at radius 1 is 1.59 bits per heavy atom. The molecule has 3 nitrogen and oxygen atoms in total. The van der Waals surface area contributed by atoms with Gasteiger partial charge in [-0.1, -0.05) is 0 Å². The van der Waals surface area contributed by atoms with Gasteiger partial charge < -0.3 is 10.6 Å². The first-order valence-corrected chi connectivity index (χ1v) is 6.53. The minimum Gasteiger partial charge on any atom is -0.334 e. The number of halogens is 1. The molecule has 1 aliphatic rings. The van der Waals surface area contributed by atoms with Gasteiger partial charge in [0.15, 0.2) is 0 Å². The summed E-state index contributed by atoms with van der Waals surface area (Å²) in [5, 5.41) is 0. The largest absolute Gasteiger partial charge is 0.334 e. The summed E-state index contributed by atoms with van der Waals surface area (Å²) in [6.45, 7) is 5.54. The van der Waals surface area contributed by atoms with Gasteiger partial charge in [0.1, 0.15) is 0 Å². The lowest BCUT2D eigenvalue weighted by molar-refractivity contribution is 0.0746. The minimum atomic E-state index is 0. The number of nitrogens with two attached hydrogens (primary N) is 1. The number of hydrogen-bond acceptors (Lipinski definition) is 3. The molecule has 0 saturated carbocycles. The minimum absolute atomic E-state index is 0. The average Bonchev–Trinajstić information content (AvgIpc) is 2.85. The van der Waals surface area contributed by atoms with E-state index in [0.29, 0.717) is 6.54 Å². The maximum Gasteiger partial charge on any atom is 0.264 e. The zero-order valence-corrected chi connectivity index (χ0v) is 11.9. The number of thiophene rings is 1. The second kappa shape index (κ2) is 5.85. The van der Waals surface area contributed by atoms with E-state index in [1.54, 1.807) is 11.3 Å². The lowest BCUT2D eigenvalue weighted by Crippen LogP contribution is -2.39. The third kappa shape index (κ3) is 2.81. The van der Waals surface area contributed by atoms with Gasteiger partial charge in [0.2, 0.25) is 0 Å². The van der Waals surface area contributed by atoms with E-state index in [2.05, 4.69) is 6.92 Å². The third-order valence-electron chi connectivity index (χ3n) is 3.29. The van der Waals surface area contributed by atoms with Crippen LogP contribution in [-0.2, 0) is 0 Å². The Morgan fingerprint density at radius 3 is 2.82 bits per heavy atom. The average molecular weight is 275 g/mol. The summed E-state index contributed by atoms with van der Waals surface area (Å²) in [6.07, 6.45) is 2.13. The van der Waals surface area contributed by atoms with Crippen molar-refractivity contribution in [3.8, 4) is 0 Å². The fourth-order valence-corrected chi connectivity index (χ4v) is 3.16. The number of nitrogens with zero attached hydrogens (tertiary/aromatic N) is 1. The Balaban J connectivity index is 0.00000144. The monoisotopic (exact) mass is 274 g/mol. The summed E-state index contributed by atoms with van der Waals surface area (Å²) < 4.78 is 0. The van der Waals surface area contributed by atoms with E-state index < -0.39 is 0 Å². The Kier molecular flexibility index (Phi) is 4.98. The van der Waals surface area contributed by atoms with Gasteiger partial charge in [-0.25, -0.2) is 0 Å². The topological polar surface area (TPSA) is 46.3 Å². The molecule has 0 aliphatic carbocycles. The molecular formula is C12H19ClN2OS. The predicted molar refractivity (Wildman–Crippen MR) is 74.2 cm³/mol. The molecule has 0 bridgehead atoms. The molecule has 2 N–H and O–H groups in total. The summed E-state index contributed by atoms with van der Waals surface area (Å²) in [5.41, 5.74) is 6.89. The molecule has 1 saturated heterocycles. The standard InChI is InChI=1S/C12H18N2OS.ClH/c1-8-6-11(16-9(8)2)12(15)14-5-3-4-10(14)7-13;/h6,10H,3-5,7,13H2,1-2H3;1H. The van der Waals surface area contributed by atoms with Crippen molar-refractivity contribution in [2.24, 2.45) is 5.73 Å². The van der Waals surface area contributed by atoms with Crippen LogP contribution in [0.4, 0.5) is 0 Å². The maximum absolute atomic E-state index is 12.3. The lowest BCUT2D eigenvalue weighted by atomic mass is 10.2. The molecule has 17 heavy (non-hydrogen) atoms. The van der Waals surface area contributed by atoms with Crippen molar-refractivity contribution in [1.29, 1.82) is 0 Å². The Morgan fingerprint density at radius 2 is 2.29 bits per heavy atom. The third-order valence-corrected chi connectivity index (χ3v) is 4.43. The van der Waals surface area contributed by atoms with Crippen LogP contribution in [0.1, 0.15) is 33.0 Å². The van der Waals surface area contributed by atoms with Gasteiger partial charge >= 0.3 is 0 Å². The quantitative estimate of drug-likeness (QED) is 0.900. The summed E-state index contributed by atoms with van der Waals surface area (Å²) in [7, 11) is 0. The second-order valence-corrected chi connectivity index (χ2v) is 5.64. The molecule has 0 radical (unpaired) electrons. The first-order chi connectivity index (χ1) is 7.63. The van der Waals surface area contributed by atoms with Crippen LogP contribution in [-0.4, -0.2) is 29.9 Å². The molecule has 1 unspecified atom stereocenters. The number of amides is 1. The van der Waals surface area contributed by atoms with E-state index in [1.807, 2.05) is 17.9 Å². The van der Waals surface area contributed by atoms with Gasteiger partial charge in [0.25, 0.3) is 5.91 Å². The Labute approximate surface area is 112 Å². The number of likely N-dealkylation sites (tertiary alicyclic amines) is 1. The van der Waals surface area contributed by atoms with E-state index >= 15 is 0 Å². The van der Waals surface area contributed by atoms with Crippen LogP contribution in [0.15, 0.2) is 6.07 Å². The van der Waals surface area contributed by atoms with Crippen molar-refractivity contribution in [1.82, 2.24) is 4.90 Å². The molecule has 5 heteroatoms. The van der Waals surface area contributed by atoms with Gasteiger partial charge in [-0.3, -0.25) is 4.79 Å². The van der Waals surface area contributed by atoms with Crippen LogP contribution in [0.25, 0.3) is 0 Å². The molecule has 2 heterocycles. The molecule has 1 atom stereocenters. The molecule has 1 aromatic heterocycles. The van der Waals surface area contributed by atoms with Crippen LogP contribution in [0.5, 0.6) is 0 Å². The van der Waals surface area contributed by atoms with Crippen LogP contribution in [0, 0.1) is 13.8 Å². The molecule has 2 rings (SSSR count). The molecular weight excluding hydrogens is 256 g/mol. The maximum atomic E-state index is 12.3. The molecule has 0 spiro atoms. The van der Waals surface area contributed by atoms with Gasteiger partial charge in [-0.15, -0.1) is 23.7 Å². The first kappa shape index (κ1) is 14.5. The normalized spacial score (nSPS) is 19.2. The molecule has 1 fully saturated rings. The van der Waals surface area contributed by atoms with Crippen LogP contribution >= 0.6 is 23.7 Å². The number of carbonyl (C=O) groups excluding carboxylic acids is 1. The fraction of sp³-hybridized carbons (Fsp3) is 0.583. The number of aryl methyl sites for hydroxylation is 2. The lowest BCUT2D eigenvalue weighted by Gasteiger charge is -2.22. The number of carbonyl (C=O) groups is 1.